The van der Waals surface area contributed by atoms with Crippen LogP contribution in [-0.4, -0.2) is 11.0 Å². The molecule has 0 amide bonds. The van der Waals surface area contributed by atoms with Crippen LogP contribution in [0.4, 0.5) is 0 Å². The maximum atomic E-state index is 2.33. The summed E-state index contributed by atoms with van der Waals surface area (Å²) >= 11 is 0. The van der Waals surface area contributed by atoms with E-state index in [9.17, 15) is 0 Å². The third-order valence-corrected chi connectivity index (χ3v) is 1.61. The van der Waals surface area contributed by atoms with Crippen LogP contribution in [0.25, 0.3) is 0 Å². The maximum absolute atomic E-state index is 2.33. The molecule has 0 aromatic heterocycles. The Hall–Kier alpha value is -0.0431. The van der Waals surface area contributed by atoms with Crippen LogP contribution >= 0.6 is 0 Å². The van der Waals surface area contributed by atoms with E-state index >= 15 is 0 Å². The Bertz CT molecular complexity index is 91.0. The summed E-state index contributed by atoms with van der Waals surface area (Å²) in [5, 5.41) is 0. The van der Waals surface area contributed by atoms with Crippen LogP contribution < -0.4 is 0 Å². The molecule has 0 heterocycles. The second-order valence-electron chi connectivity index (χ2n) is 3.13. The van der Waals surface area contributed by atoms with Crippen molar-refractivity contribution in [2.45, 2.75) is 52.9 Å². The molecule has 1 heteroatoms. The minimum Gasteiger partial charge on any atom is -0.0859 e. The van der Waals surface area contributed by atoms with Crippen molar-refractivity contribution in [2.75, 3.05) is 0 Å². The standard InChI is InChI=1S/C10H20.H4Si/c1-4-5-6-7-8-9-10(2)3;/h9H,4-8H2,1-3H3;1H4. The van der Waals surface area contributed by atoms with Crippen molar-refractivity contribution in [2.24, 2.45) is 0 Å². The monoisotopic (exact) mass is 172 g/mol. The normalized spacial score (nSPS) is 8.64. The lowest BCUT2D eigenvalue weighted by Gasteiger charge is -1.94. The van der Waals surface area contributed by atoms with E-state index in [4.69, 9.17) is 0 Å². The second kappa shape index (κ2) is 9.96. The first-order valence-corrected chi connectivity index (χ1v) is 4.40. The Morgan fingerprint density at radius 1 is 1.09 bits per heavy atom. The average Bonchev–Trinajstić information content (AvgIpc) is 1.87. The zero-order chi connectivity index (χ0) is 7.82. The van der Waals surface area contributed by atoms with E-state index in [-0.39, 0.29) is 11.0 Å². The molecule has 0 fully saturated rings. The Kier molecular flexibility index (Phi) is 12.3. The molecule has 0 saturated carbocycles. The number of allylic oxidation sites excluding steroid dienone is 2. The summed E-state index contributed by atoms with van der Waals surface area (Å²) in [6.07, 6.45) is 9.13. The van der Waals surface area contributed by atoms with Crippen molar-refractivity contribution in [3.8, 4) is 0 Å². The summed E-state index contributed by atoms with van der Waals surface area (Å²) in [5.74, 6) is 0. The molecule has 0 unspecified atom stereocenters. The fourth-order valence-electron chi connectivity index (χ4n) is 0.962. The highest BCUT2D eigenvalue weighted by Gasteiger charge is 1.84. The molecule has 11 heavy (non-hydrogen) atoms. The van der Waals surface area contributed by atoms with Gasteiger partial charge in [-0.3, -0.25) is 0 Å². The molecule has 0 aromatic rings. The van der Waals surface area contributed by atoms with E-state index in [1.54, 1.807) is 0 Å². The van der Waals surface area contributed by atoms with Gasteiger partial charge in [0.05, 0.1) is 0 Å². The summed E-state index contributed by atoms with van der Waals surface area (Å²) in [7, 11) is 0. The zero-order valence-corrected chi connectivity index (χ0v) is 7.61. The molecule has 0 aliphatic carbocycles. The van der Waals surface area contributed by atoms with Crippen LogP contribution in [0.15, 0.2) is 11.6 Å². The molecule has 0 saturated heterocycles. The lowest BCUT2D eigenvalue weighted by molar-refractivity contribution is 0.673. The van der Waals surface area contributed by atoms with Crippen molar-refractivity contribution < 1.29 is 0 Å². The first-order chi connectivity index (χ1) is 4.77. The minimum atomic E-state index is 0. The summed E-state index contributed by atoms with van der Waals surface area (Å²) in [5.41, 5.74) is 1.46. The van der Waals surface area contributed by atoms with Crippen LogP contribution in [0.3, 0.4) is 0 Å². The quantitative estimate of drug-likeness (QED) is 0.339. The van der Waals surface area contributed by atoms with E-state index < -0.39 is 0 Å². The van der Waals surface area contributed by atoms with Gasteiger partial charge in [-0.05, 0) is 37.7 Å². The van der Waals surface area contributed by atoms with E-state index in [1.807, 2.05) is 0 Å². The third-order valence-electron chi connectivity index (χ3n) is 1.61. The average molecular weight is 172 g/mol. The van der Waals surface area contributed by atoms with Crippen molar-refractivity contribution in [3.05, 3.63) is 11.6 Å². The first-order valence-electron chi connectivity index (χ1n) is 4.40. The summed E-state index contributed by atoms with van der Waals surface area (Å²) in [6.45, 7) is 6.58. The van der Waals surface area contributed by atoms with E-state index in [0.717, 1.165) is 0 Å². The van der Waals surface area contributed by atoms with Crippen LogP contribution in [-0.2, 0) is 0 Å². The highest BCUT2D eigenvalue weighted by atomic mass is 28.1. The lowest BCUT2D eigenvalue weighted by Crippen LogP contribution is -1.74. The summed E-state index contributed by atoms with van der Waals surface area (Å²) in [6, 6.07) is 0. The van der Waals surface area contributed by atoms with E-state index in [1.165, 1.54) is 37.7 Å². The highest BCUT2D eigenvalue weighted by molar-refractivity contribution is 5.75. The predicted molar refractivity (Wildman–Crippen MR) is 59.5 cm³/mol. The van der Waals surface area contributed by atoms with Gasteiger partial charge in [-0.15, -0.1) is 0 Å². The van der Waals surface area contributed by atoms with Gasteiger partial charge in [0.2, 0.25) is 0 Å². The smallest absolute Gasteiger partial charge is 0.0149 e. The molecule has 0 bridgehead atoms. The zero-order valence-electron chi connectivity index (χ0n) is 7.61. The van der Waals surface area contributed by atoms with Gasteiger partial charge in [0.1, 0.15) is 0 Å². The molecule has 0 aliphatic rings. The fourth-order valence-corrected chi connectivity index (χ4v) is 0.962. The van der Waals surface area contributed by atoms with Crippen LogP contribution in [0.2, 0.25) is 0 Å². The number of hydrogen-bond donors (Lipinski definition) is 0. The van der Waals surface area contributed by atoms with Gasteiger partial charge in [0, 0.05) is 0 Å². The molecule has 0 aromatic carbocycles. The second-order valence-corrected chi connectivity index (χ2v) is 3.13. The lowest BCUT2D eigenvalue weighted by atomic mass is 10.1. The Morgan fingerprint density at radius 2 is 1.73 bits per heavy atom. The molecule has 68 valence electrons. The van der Waals surface area contributed by atoms with Gasteiger partial charge in [-0.1, -0.05) is 37.8 Å². The Labute approximate surface area is 76.1 Å². The fraction of sp³-hybridized carbons (Fsp3) is 0.800. The van der Waals surface area contributed by atoms with Crippen LogP contribution in [0, 0.1) is 0 Å². The topological polar surface area (TPSA) is 0 Å². The number of rotatable bonds is 5. The maximum Gasteiger partial charge on any atom is -0.0149 e. The SMILES string of the molecule is CCCCCCC=C(C)C.[SiH4]. The summed E-state index contributed by atoms with van der Waals surface area (Å²) < 4.78 is 0. The Morgan fingerprint density at radius 3 is 2.18 bits per heavy atom. The molecular formula is C10H24Si. The molecular weight excluding hydrogens is 148 g/mol. The molecule has 0 N–H and O–H groups in total. The van der Waals surface area contributed by atoms with E-state index in [0.29, 0.717) is 0 Å². The summed E-state index contributed by atoms with van der Waals surface area (Å²) in [4.78, 5) is 0. The number of hydrogen-bond acceptors (Lipinski definition) is 0. The van der Waals surface area contributed by atoms with Crippen molar-refractivity contribution in [1.29, 1.82) is 0 Å². The van der Waals surface area contributed by atoms with Gasteiger partial charge in [-0.2, -0.15) is 0 Å². The van der Waals surface area contributed by atoms with Gasteiger partial charge in [0.15, 0.2) is 0 Å². The van der Waals surface area contributed by atoms with Gasteiger partial charge >= 0.3 is 0 Å². The Balaban J connectivity index is 0. The highest BCUT2D eigenvalue weighted by Crippen LogP contribution is 2.04. The van der Waals surface area contributed by atoms with Crippen LogP contribution in [0.5, 0.6) is 0 Å². The first kappa shape index (κ1) is 13.5. The molecule has 0 atom stereocenters. The van der Waals surface area contributed by atoms with Gasteiger partial charge in [-0.25, -0.2) is 0 Å². The van der Waals surface area contributed by atoms with Crippen molar-refractivity contribution in [1.82, 2.24) is 0 Å². The third kappa shape index (κ3) is 13.0. The van der Waals surface area contributed by atoms with Gasteiger partial charge < -0.3 is 0 Å². The molecule has 0 rings (SSSR count). The van der Waals surface area contributed by atoms with E-state index in [2.05, 4.69) is 26.8 Å². The molecule has 0 nitrogen and oxygen atoms in total. The van der Waals surface area contributed by atoms with Gasteiger partial charge in [0.25, 0.3) is 0 Å². The van der Waals surface area contributed by atoms with Crippen molar-refractivity contribution in [3.63, 3.8) is 0 Å². The molecule has 0 aliphatic heterocycles. The molecule has 0 spiro atoms. The minimum absolute atomic E-state index is 0. The van der Waals surface area contributed by atoms with Crippen LogP contribution in [0.1, 0.15) is 52.9 Å². The van der Waals surface area contributed by atoms with Crippen molar-refractivity contribution >= 4 is 11.0 Å². The molecule has 0 radical (unpaired) electrons. The predicted octanol–water partition coefficient (Wildman–Crippen LogP) is 2.47. The number of unbranched alkanes of at least 4 members (excludes halogenated alkanes) is 4. The largest absolute Gasteiger partial charge is 0.0859 e.